The van der Waals surface area contributed by atoms with Gasteiger partial charge in [-0.1, -0.05) is 24.3 Å². The molecule has 0 saturated carbocycles. The Balaban J connectivity index is 0.00000169. The molecule has 8 nitrogen and oxygen atoms in total. The molecule has 2 aromatic carbocycles. The number of hydrogen-bond acceptors (Lipinski definition) is 8. The quantitative estimate of drug-likeness (QED) is 0.289. The van der Waals surface area contributed by atoms with Gasteiger partial charge in [0.05, 0.1) is 4.90 Å². The Morgan fingerprint density at radius 1 is 0.923 bits per heavy atom. The van der Waals surface area contributed by atoms with E-state index in [0.29, 0.717) is 21.9 Å². The molecule has 1 unspecified atom stereocenters. The molecular formula is C14H10Li2O8S2. The molecule has 26 heavy (non-hydrogen) atoms. The van der Waals surface area contributed by atoms with Crippen LogP contribution in [0.5, 0.6) is 0 Å². The van der Waals surface area contributed by atoms with Gasteiger partial charge in [0.2, 0.25) is 0 Å². The molecule has 0 bridgehead atoms. The summed E-state index contributed by atoms with van der Waals surface area (Å²) in [5.74, 6) is 0. The van der Waals surface area contributed by atoms with Crippen LogP contribution in [0.2, 0.25) is 0 Å². The van der Waals surface area contributed by atoms with E-state index in [1.54, 1.807) is 12.1 Å². The van der Waals surface area contributed by atoms with E-state index >= 15 is 0 Å². The van der Waals surface area contributed by atoms with Crippen LogP contribution in [0.15, 0.2) is 41.3 Å². The van der Waals surface area contributed by atoms with Gasteiger partial charge in [-0.05, 0) is 46.5 Å². The van der Waals surface area contributed by atoms with E-state index < -0.39 is 25.5 Å². The van der Waals surface area contributed by atoms with Crippen molar-refractivity contribution in [2.45, 2.75) is 16.6 Å². The molecule has 0 saturated heterocycles. The number of fused-ring (bicyclic) bond motifs is 2. The number of hydrogen-bond donors (Lipinski definition) is 0. The van der Waals surface area contributed by atoms with Gasteiger partial charge in [-0.2, -0.15) is 16.8 Å². The summed E-state index contributed by atoms with van der Waals surface area (Å²) in [6.07, 6.45) is 2.92. The molecule has 0 aliphatic heterocycles. The zero-order valence-corrected chi connectivity index (χ0v) is 15.5. The van der Waals surface area contributed by atoms with Crippen molar-refractivity contribution in [3.63, 3.8) is 0 Å². The van der Waals surface area contributed by atoms with Crippen molar-refractivity contribution in [1.29, 1.82) is 0 Å². The van der Waals surface area contributed by atoms with E-state index in [1.165, 1.54) is 30.4 Å². The Morgan fingerprint density at radius 2 is 1.62 bits per heavy atom. The van der Waals surface area contributed by atoms with Crippen LogP contribution in [-0.2, 0) is 35.3 Å². The third kappa shape index (κ3) is 4.43. The van der Waals surface area contributed by atoms with Gasteiger partial charge in [-0.15, -0.1) is 0 Å². The summed E-state index contributed by atoms with van der Waals surface area (Å²) in [6.45, 7) is 0. The first kappa shape index (κ1) is 23.4. The summed E-state index contributed by atoms with van der Waals surface area (Å²) in [5.41, 5.74) is 1.35. The van der Waals surface area contributed by atoms with Gasteiger partial charge in [-0.25, -0.2) is 0 Å². The second kappa shape index (κ2) is 8.59. The average molecular weight is 384 g/mol. The zero-order valence-electron chi connectivity index (χ0n) is 13.9. The smallest absolute Gasteiger partial charge is 0.707 e. The van der Waals surface area contributed by atoms with E-state index in [-0.39, 0.29) is 49.0 Å². The van der Waals surface area contributed by atoms with E-state index in [0.717, 1.165) is 0 Å². The average Bonchev–Trinajstić information content (AvgIpc) is 2.58. The fraction of sp³-hybridized carbons (Fsp3) is 0.143. The van der Waals surface area contributed by atoms with Crippen molar-refractivity contribution < 1.29 is 73.7 Å². The maximum Gasteiger partial charge on any atom is 1.00 e. The van der Waals surface area contributed by atoms with Crippen LogP contribution in [0.3, 0.4) is 0 Å². The molecule has 0 N–H and O–H groups in total. The molecule has 0 radical (unpaired) electrons. The standard InChI is InChI=1S/C14H12O8S2.2Li/c15-21-23(17,18)13-3-1-9-5-12-8-14(24(19,20)22-16)4-2-10(12)6-11(9)7-13;;/h1-7,14-16H,8H2;;/q;2*+1/p-2. The first-order valence-corrected chi connectivity index (χ1v) is 9.51. The Morgan fingerprint density at radius 3 is 2.23 bits per heavy atom. The summed E-state index contributed by atoms with van der Waals surface area (Å²) < 4.78 is 52.5. The molecule has 3 rings (SSSR count). The molecular weight excluding hydrogens is 374 g/mol. The summed E-state index contributed by atoms with van der Waals surface area (Å²) in [4.78, 5) is -0.273. The maximum atomic E-state index is 11.5. The van der Waals surface area contributed by atoms with Crippen LogP contribution in [0.25, 0.3) is 16.8 Å². The Kier molecular flexibility index (Phi) is 7.74. The van der Waals surface area contributed by atoms with Crippen LogP contribution < -0.4 is 48.2 Å². The van der Waals surface area contributed by atoms with Crippen molar-refractivity contribution >= 4 is 37.1 Å². The third-order valence-electron chi connectivity index (χ3n) is 3.83. The molecule has 0 spiro atoms. The van der Waals surface area contributed by atoms with Gasteiger partial charge in [0, 0.05) is 0 Å². The summed E-state index contributed by atoms with van der Waals surface area (Å²) in [5, 5.41) is 20.7. The van der Waals surface area contributed by atoms with Gasteiger partial charge in [0.15, 0.2) is 0 Å². The van der Waals surface area contributed by atoms with Crippen molar-refractivity contribution in [1.82, 2.24) is 0 Å². The molecule has 1 atom stereocenters. The topological polar surface area (TPSA) is 133 Å². The Bertz CT molecular complexity index is 1050. The normalized spacial score (nSPS) is 16.5. The van der Waals surface area contributed by atoms with Crippen LogP contribution in [-0.4, -0.2) is 22.1 Å². The van der Waals surface area contributed by atoms with Gasteiger partial charge in [-0.3, -0.25) is 0 Å². The molecule has 128 valence electrons. The van der Waals surface area contributed by atoms with Gasteiger partial charge in [0.1, 0.15) is 5.25 Å². The van der Waals surface area contributed by atoms with Crippen LogP contribution >= 0.6 is 0 Å². The van der Waals surface area contributed by atoms with Gasteiger partial charge in [0.25, 0.3) is 20.2 Å². The summed E-state index contributed by atoms with van der Waals surface area (Å²) in [7, 11) is -8.57. The molecule has 0 aromatic heterocycles. The van der Waals surface area contributed by atoms with E-state index in [1.807, 2.05) is 0 Å². The predicted octanol–water partition coefficient (Wildman–Crippen LogP) is -6.61. The van der Waals surface area contributed by atoms with E-state index in [9.17, 15) is 27.4 Å². The fourth-order valence-corrected chi connectivity index (χ4v) is 3.95. The number of rotatable bonds is 4. The molecule has 12 heteroatoms. The van der Waals surface area contributed by atoms with Crippen molar-refractivity contribution in [3.05, 3.63) is 47.5 Å². The summed E-state index contributed by atoms with van der Waals surface area (Å²) >= 11 is 0. The second-order valence-corrected chi connectivity index (χ2v) is 8.49. The molecule has 0 fully saturated rings. The first-order valence-electron chi connectivity index (χ1n) is 6.63. The molecule has 0 heterocycles. The predicted molar refractivity (Wildman–Crippen MR) is 78.7 cm³/mol. The van der Waals surface area contributed by atoms with Gasteiger partial charge >= 0.3 is 37.7 Å². The monoisotopic (exact) mass is 384 g/mol. The first-order chi connectivity index (χ1) is 11.3. The van der Waals surface area contributed by atoms with Crippen molar-refractivity contribution in [2.75, 3.05) is 0 Å². The van der Waals surface area contributed by atoms with Crippen molar-refractivity contribution in [2.24, 2.45) is 0 Å². The third-order valence-corrected chi connectivity index (χ3v) is 6.09. The maximum absolute atomic E-state index is 11.5. The zero-order chi connectivity index (χ0) is 17.5. The largest absolute Gasteiger partial charge is 1.00 e. The molecule has 1 aliphatic carbocycles. The Hall–Kier alpha value is -0.625. The van der Waals surface area contributed by atoms with Crippen LogP contribution in [0.1, 0.15) is 11.1 Å². The fourth-order valence-electron chi connectivity index (χ4n) is 2.61. The molecule has 2 aromatic rings. The SMILES string of the molecule is O=S(=O)(O[O-])c1ccc2cc3c(cc2c1)C=CC(S(=O)(=O)O[O-])C3.[Li+].[Li+]. The Labute approximate surface area is 174 Å². The minimum absolute atomic E-state index is 0. The minimum Gasteiger partial charge on any atom is -0.707 e. The summed E-state index contributed by atoms with van der Waals surface area (Å²) in [6, 6.07) is 7.34. The van der Waals surface area contributed by atoms with E-state index in [2.05, 4.69) is 8.67 Å². The molecule has 1 aliphatic rings. The minimum atomic E-state index is -4.35. The van der Waals surface area contributed by atoms with E-state index in [4.69, 9.17) is 0 Å². The van der Waals surface area contributed by atoms with Crippen LogP contribution in [0.4, 0.5) is 0 Å². The van der Waals surface area contributed by atoms with Crippen molar-refractivity contribution in [3.8, 4) is 0 Å². The number of benzene rings is 2. The molecule has 0 amide bonds. The second-order valence-electron chi connectivity index (χ2n) is 5.24. The van der Waals surface area contributed by atoms with Crippen LogP contribution in [0, 0.1) is 0 Å². The van der Waals surface area contributed by atoms with Gasteiger partial charge < -0.3 is 19.2 Å².